The van der Waals surface area contributed by atoms with Gasteiger partial charge in [-0.05, 0) is 38.1 Å². The molecule has 2 N–H and O–H groups in total. The Labute approximate surface area is 162 Å². The zero-order chi connectivity index (χ0) is 20.2. The van der Waals surface area contributed by atoms with E-state index in [1.165, 1.54) is 18.2 Å². The van der Waals surface area contributed by atoms with Crippen LogP contribution in [-0.2, 0) is 24.3 Å². The largest absolute Gasteiger partial charge is 0.508 e. The topological polar surface area (TPSA) is 125 Å². The minimum Gasteiger partial charge on any atom is -0.508 e. The molecule has 0 bridgehead atoms. The molecule has 1 aromatic heterocycles. The molecule has 1 saturated heterocycles. The van der Waals surface area contributed by atoms with Gasteiger partial charge >= 0.3 is 5.97 Å². The highest BCUT2D eigenvalue weighted by atomic mass is 32.2. The molecule has 10 heteroatoms. The third-order valence-electron chi connectivity index (χ3n) is 4.24. The van der Waals surface area contributed by atoms with Crippen LogP contribution in [0.2, 0.25) is 0 Å². The van der Waals surface area contributed by atoms with Crippen molar-refractivity contribution in [3.8, 4) is 0 Å². The molecule has 0 atom stereocenters. The monoisotopic (exact) mass is 414 g/mol. The number of sulfonamides is 1. The smallest absolute Gasteiger partial charge is 0.309 e. The first-order valence-corrected chi connectivity index (χ1v) is 10.7. The number of carbonyl (C=O) groups is 2. The van der Waals surface area contributed by atoms with E-state index < -0.39 is 40.1 Å². The summed E-state index contributed by atoms with van der Waals surface area (Å²) in [5, 5.41) is 19.1. The summed E-state index contributed by atoms with van der Waals surface area (Å²) >= 11 is 1.15. The zero-order valence-corrected chi connectivity index (χ0v) is 16.7. The molecule has 2 heterocycles. The summed E-state index contributed by atoms with van der Waals surface area (Å²) < 4.78 is 31.6. The number of nitrogens with zero attached hydrogens (tertiary/aromatic N) is 1. The number of allylic oxidation sites excluding steroid dienone is 1. The number of esters is 1. The molecule has 2 rings (SSSR count). The quantitative estimate of drug-likeness (QED) is 0.305. The van der Waals surface area contributed by atoms with Crippen molar-refractivity contribution in [1.29, 1.82) is 5.41 Å². The van der Waals surface area contributed by atoms with Crippen LogP contribution in [0.15, 0.2) is 33.1 Å². The number of aliphatic hydroxyl groups is 1. The Kier molecular flexibility index (Phi) is 6.90. The second kappa shape index (κ2) is 8.77. The van der Waals surface area contributed by atoms with Crippen molar-refractivity contribution < 1.29 is 27.9 Å². The van der Waals surface area contributed by atoms with E-state index in [2.05, 4.69) is 0 Å². The molecule has 0 saturated carbocycles. The summed E-state index contributed by atoms with van der Waals surface area (Å²) in [5.41, 5.74) is -0.275. The maximum atomic E-state index is 12.5. The number of ketones is 1. The number of piperidine rings is 1. The minimum absolute atomic E-state index is 0.108. The van der Waals surface area contributed by atoms with Gasteiger partial charge in [0.25, 0.3) is 10.0 Å². The molecule has 0 aliphatic carbocycles. The first kappa shape index (κ1) is 21.3. The van der Waals surface area contributed by atoms with E-state index in [0.29, 0.717) is 12.8 Å². The molecular formula is C17H22N2O6S2. The molecule has 27 heavy (non-hydrogen) atoms. The first-order valence-electron chi connectivity index (χ1n) is 8.33. The van der Waals surface area contributed by atoms with Crippen LogP contribution < -0.4 is 0 Å². The molecule has 0 spiro atoms. The lowest BCUT2D eigenvalue weighted by Gasteiger charge is -2.29. The SMILES string of the molecule is CC(=N)/C(C(C)=O)=C(/O)COC(=O)C1CCN(S(=O)(=O)c2cccs2)CC1. The third-order valence-corrected chi connectivity index (χ3v) is 7.51. The van der Waals surface area contributed by atoms with Crippen molar-refractivity contribution >= 4 is 38.8 Å². The fraction of sp³-hybridized carbons (Fsp3) is 0.471. The molecule has 1 aliphatic rings. The molecular weight excluding hydrogens is 392 g/mol. The fourth-order valence-corrected chi connectivity index (χ4v) is 5.50. The molecule has 0 amide bonds. The van der Waals surface area contributed by atoms with Gasteiger partial charge in [0.1, 0.15) is 16.6 Å². The molecule has 1 fully saturated rings. The molecule has 8 nitrogen and oxygen atoms in total. The Morgan fingerprint density at radius 1 is 1.33 bits per heavy atom. The number of nitrogens with one attached hydrogen (secondary N) is 1. The lowest BCUT2D eigenvalue weighted by molar-refractivity contribution is -0.149. The van der Waals surface area contributed by atoms with Crippen LogP contribution in [0.1, 0.15) is 26.7 Å². The number of hydrogen-bond donors (Lipinski definition) is 2. The maximum absolute atomic E-state index is 12.5. The van der Waals surface area contributed by atoms with E-state index in [4.69, 9.17) is 10.1 Å². The van der Waals surface area contributed by atoms with Crippen LogP contribution in [0, 0.1) is 11.3 Å². The normalized spacial score (nSPS) is 17.3. The summed E-state index contributed by atoms with van der Waals surface area (Å²) in [5.74, 6) is -1.97. The number of aliphatic hydroxyl groups excluding tert-OH is 1. The van der Waals surface area contributed by atoms with Crippen molar-refractivity contribution in [2.75, 3.05) is 19.7 Å². The highest BCUT2D eigenvalue weighted by Gasteiger charge is 2.33. The Morgan fingerprint density at radius 2 is 1.96 bits per heavy atom. The van der Waals surface area contributed by atoms with Gasteiger partial charge in [-0.1, -0.05) is 6.07 Å². The summed E-state index contributed by atoms with van der Waals surface area (Å²) in [4.78, 5) is 23.6. The van der Waals surface area contributed by atoms with E-state index in [9.17, 15) is 23.1 Å². The van der Waals surface area contributed by atoms with Gasteiger partial charge in [0.2, 0.25) is 0 Å². The van der Waals surface area contributed by atoms with Crippen LogP contribution in [0.25, 0.3) is 0 Å². The van der Waals surface area contributed by atoms with E-state index in [-0.39, 0.29) is 28.6 Å². The van der Waals surface area contributed by atoms with E-state index in [1.807, 2.05) is 0 Å². The van der Waals surface area contributed by atoms with E-state index in [1.54, 1.807) is 17.5 Å². The van der Waals surface area contributed by atoms with Crippen LogP contribution in [-0.4, -0.2) is 55.0 Å². The number of ether oxygens (including phenoxy) is 1. The summed E-state index contributed by atoms with van der Waals surface area (Å²) in [7, 11) is -3.53. The predicted octanol–water partition coefficient (Wildman–Crippen LogP) is 2.13. The number of rotatable bonds is 7. The van der Waals surface area contributed by atoms with Gasteiger partial charge in [-0.25, -0.2) is 8.42 Å². The second-order valence-electron chi connectivity index (χ2n) is 6.22. The standard InChI is InChI=1S/C17H22N2O6S2/c1-11(18)16(12(2)20)14(21)10-25-17(22)13-5-7-19(8-6-13)27(23,24)15-4-3-9-26-15/h3-4,9,13,18,21H,5-8,10H2,1-2H3/b16-14-,18-11?. The van der Waals surface area contributed by atoms with Gasteiger partial charge in [-0.2, -0.15) is 4.31 Å². The molecule has 148 valence electrons. The van der Waals surface area contributed by atoms with Crippen molar-refractivity contribution in [2.24, 2.45) is 5.92 Å². The van der Waals surface area contributed by atoms with Gasteiger partial charge in [0.05, 0.1) is 11.5 Å². The Morgan fingerprint density at radius 3 is 2.44 bits per heavy atom. The van der Waals surface area contributed by atoms with Gasteiger partial charge in [0, 0.05) is 18.8 Å². The predicted molar refractivity (Wildman–Crippen MR) is 100 cm³/mol. The number of carbonyl (C=O) groups excluding carboxylic acids is 2. The third kappa shape index (κ3) is 5.02. The Bertz CT molecular complexity index is 834. The van der Waals surface area contributed by atoms with E-state index in [0.717, 1.165) is 11.3 Å². The van der Waals surface area contributed by atoms with Crippen molar-refractivity contribution in [3.05, 3.63) is 28.8 Å². The van der Waals surface area contributed by atoms with Crippen molar-refractivity contribution in [3.63, 3.8) is 0 Å². The van der Waals surface area contributed by atoms with Gasteiger partial charge < -0.3 is 15.3 Å². The molecule has 0 radical (unpaired) electrons. The average molecular weight is 415 g/mol. The van der Waals surface area contributed by atoms with Crippen LogP contribution >= 0.6 is 11.3 Å². The first-order chi connectivity index (χ1) is 12.6. The zero-order valence-electron chi connectivity index (χ0n) is 15.1. The Balaban J connectivity index is 1.93. The highest BCUT2D eigenvalue weighted by molar-refractivity contribution is 7.91. The lowest BCUT2D eigenvalue weighted by Crippen LogP contribution is -2.40. The summed E-state index contributed by atoms with van der Waals surface area (Å²) in [6.07, 6.45) is 0.633. The van der Waals surface area contributed by atoms with Crippen LogP contribution in [0.3, 0.4) is 0 Å². The number of hydrogen-bond acceptors (Lipinski definition) is 8. The lowest BCUT2D eigenvalue weighted by atomic mass is 9.98. The number of thiophene rings is 1. The van der Waals surface area contributed by atoms with Crippen molar-refractivity contribution in [2.45, 2.75) is 30.9 Å². The highest BCUT2D eigenvalue weighted by Crippen LogP contribution is 2.27. The van der Waals surface area contributed by atoms with Gasteiger partial charge in [-0.3, -0.25) is 9.59 Å². The van der Waals surface area contributed by atoms with Gasteiger partial charge in [-0.15, -0.1) is 11.3 Å². The van der Waals surface area contributed by atoms with Crippen LogP contribution in [0.5, 0.6) is 0 Å². The summed E-state index contributed by atoms with van der Waals surface area (Å²) in [6, 6.07) is 3.22. The fourth-order valence-electron chi connectivity index (χ4n) is 2.88. The molecule has 1 aliphatic heterocycles. The van der Waals surface area contributed by atoms with Gasteiger partial charge in [0.15, 0.2) is 5.78 Å². The molecule has 1 aromatic rings. The summed E-state index contributed by atoms with van der Waals surface area (Å²) in [6.45, 7) is 2.51. The molecule has 0 aromatic carbocycles. The average Bonchev–Trinajstić information content (AvgIpc) is 3.14. The second-order valence-corrected chi connectivity index (χ2v) is 9.33. The maximum Gasteiger partial charge on any atom is 0.309 e. The van der Waals surface area contributed by atoms with Crippen LogP contribution in [0.4, 0.5) is 0 Å². The number of Topliss-reactive ketones (excluding diaryl/α,β-unsaturated/α-hetero) is 1. The molecule has 0 unspecified atom stereocenters. The van der Waals surface area contributed by atoms with E-state index >= 15 is 0 Å². The minimum atomic E-state index is -3.53. The Hall–Kier alpha value is -2.04. The van der Waals surface area contributed by atoms with Crippen molar-refractivity contribution in [1.82, 2.24) is 4.31 Å².